The average Bonchev–Trinajstić information content (AvgIpc) is 2.67. The fraction of sp³-hybridized carbons (Fsp3) is 0.739. The van der Waals surface area contributed by atoms with Crippen LogP contribution in [-0.2, 0) is 9.47 Å². The molecule has 0 heterocycles. The summed E-state index contributed by atoms with van der Waals surface area (Å²) < 4.78 is 12.3. The van der Waals surface area contributed by atoms with Gasteiger partial charge in [-0.1, -0.05) is 82.7 Å². The topological polar surface area (TPSA) is 38.7 Å². The Balaban J connectivity index is 2.89. The molecule has 0 amide bonds. The molecule has 0 bridgehead atoms. The molecule has 1 aromatic carbocycles. The van der Waals surface area contributed by atoms with Crippen LogP contribution in [0.25, 0.3) is 0 Å². The Hall–Kier alpha value is -0.900. The molecular formula is C23H40O3. The van der Waals surface area contributed by atoms with Gasteiger partial charge in [0.05, 0.1) is 0 Å². The van der Waals surface area contributed by atoms with Gasteiger partial charge in [0.25, 0.3) is 0 Å². The number of rotatable bonds is 15. The van der Waals surface area contributed by atoms with Gasteiger partial charge in [-0.25, -0.2) is 0 Å². The molecule has 1 rings (SSSR count). The highest BCUT2D eigenvalue weighted by Gasteiger charge is 2.46. The summed E-state index contributed by atoms with van der Waals surface area (Å²) in [5, 5.41) is 11.2. The van der Waals surface area contributed by atoms with Crippen molar-refractivity contribution in [1.82, 2.24) is 0 Å². The van der Waals surface area contributed by atoms with Crippen LogP contribution in [0.3, 0.4) is 0 Å². The van der Waals surface area contributed by atoms with E-state index in [1.54, 1.807) is 0 Å². The summed E-state index contributed by atoms with van der Waals surface area (Å²) in [7, 11) is 0. The predicted octanol–water partition coefficient (Wildman–Crippen LogP) is 6.27. The lowest BCUT2D eigenvalue weighted by atomic mass is 9.83. The average molecular weight is 365 g/mol. The Kier molecular flexibility index (Phi) is 11.8. The molecule has 26 heavy (non-hydrogen) atoms. The summed E-state index contributed by atoms with van der Waals surface area (Å²) in [6.45, 7) is 9.42. The largest absolute Gasteiger partial charge is 0.383 e. The smallest absolute Gasteiger partial charge is 0.201 e. The highest BCUT2D eigenvalue weighted by atomic mass is 16.7. The fourth-order valence-corrected chi connectivity index (χ4v) is 3.84. The Morgan fingerprint density at radius 3 is 1.96 bits per heavy atom. The molecule has 2 atom stereocenters. The Morgan fingerprint density at radius 1 is 0.846 bits per heavy atom. The van der Waals surface area contributed by atoms with Gasteiger partial charge < -0.3 is 14.6 Å². The summed E-state index contributed by atoms with van der Waals surface area (Å²) in [6, 6.07) is 9.78. The molecule has 0 aliphatic carbocycles. The van der Waals surface area contributed by atoms with Gasteiger partial charge in [0.2, 0.25) is 5.79 Å². The maximum Gasteiger partial charge on any atom is 0.201 e. The van der Waals surface area contributed by atoms with Crippen LogP contribution in [0.5, 0.6) is 0 Å². The first kappa shape index (κ1) is 23.1. The summed E-state index contributed by atoms with van der Waals surface area (Å²) in [5.74, 6) is -0.799. The van der Waals surface area contributed by atoms with E-state index >= 15 is 0 Å². The molecule has 1 aromatic rings. The summed E-state index contributed by atoms with van der Waals surface area (Å²) in [6.07, 6.45) is 8.78. The van der Waals surface area contributed by atoms with Gasteiger partial charge in [0, 0.05) is 19.1 Å². The van der Waals surface area contributed by atoms with E-state index in [0.717, 1.165) is 24.8 Å². The molecule has 3 nitrogen and oxygen atoms in total. The summed E-state index contributed by atoms with van der Waals surface area (Å²) >= 11 is 0. The van der Waals surface area contributed by atoms with Crippen molar-refractivity contribution >= 4 is 0 Å². The number of unbranched alkanes of at least 4 members (excludes halogenated alkanes) is 5. The molecule has 0 radical (unpaired) electrons. The molecule has 1 N–H and O–H groups in total. The lowest BCUT2D eigenvalue weighted by molar-refractivity contribution is -0.312. The molecule has 0 aliphatic rings. The van der Waals surface area contributed by atoms with Crippen LogP contribution in [0.1, 0.15) is 90.7 Å². The van der Waals surface area contributed by atoms with Crippen LogP contribution >= 0.6 is 0 Å². The van der Waals surface area contributed by atoms with Crippen molar-refractivity contribution in [3.05, 3.63) is 35.9 Å². The second kappa shape index (κ2) is 13.3. The Morgan fingerprint density at radius 2 is 1.42 bits per heavy atom. The van der Waals surface area contributed by atoms with Gasteiger partial charge in [-0.05, 0) is 32.3 Å². The lowest BCUT2D eigenvalue weighted by Crippen LogP contribution is -2.49. The first-order valence-electron chi connectivity index (χ1n) is 10.7. The van der Waals surface area contributed by atoms with Crippen molar-refractivity contribution in [2.45, 2.75) is 91.0 Å². The number of aliphatic hydroxyl groups is 1. The van der Waals surface area contributed by atoms with Crippen LogP contribution < -0.4 is 0 Å². The van der Waals surface area contributed by atoms with Gasteiger partial charge in [-0.3, -0.25) is 0 Å². The van der Waals surface area contributed by atoms with E-state index in [4.69, 9.17) is 9.47 Å². The minimum absolute atomic E-state index is 0.170. The quantitative estimate of drug-likeness (QED) is 0.294. The fourth-order valence-electron chi connectivity index (χ4n) is 3.84. The second-order valence-electron chi connectivity index (χ2n) is 7.06. The highest BCUT2D eigenvalue weighted by Crippen LogP contribution is 2.41. The minimum atomic E-state index is -0.969. The molecule has 0 aromatic heterocycles. The zero-order valence-electron chi connectivity index (χ0n) is 17.4. The monoisotopic (exact) mass is 364 g/mol. The second-order valence-corrected chi connectivity index (χ2v) is 7.06. The van der Waals surface area contributed by atoms with Crippen LogP contribution in [0, 0.1) is 5.92 Å². The normalized spacial score (nSPS) is 14.3. The van der Waals surface area contributed by atoms with E-state index < -0.39 is 11.9 Å². The Bertz CT molecular complexity index is 440. The Labute approximate surface area is 161 Å². The van der Waals surface area contributed by atoms with E-state index in [0.29, 0.717) is 13.2 Å². The lowest BCUT2D eigenvalue weighted by Gasteiger charge is -2.43. The number of aliphatic hydroxyl groups excluding tert-OH is 1. The van der Waals surface area contributed by atoms with Crippen LogP contribution in [-0.4, -0.2) is 24.1 Å². The minimum Gasteiger partial charge on any atom is -0.383 e. The standard InChI is InChI=1S/C23H40O3/c1-5-9-10-11-12-16-19-21(6-2)23(25-7-3,26-8-4)22(24)20-17-14-13-15-18-20/h13-15,17-18,21-22,24H,5-12,16,19H2,1-4H3. The zero-order chi connectivity index (χ0) is 19.3. The van der Waals surface area contributed by atoms with Crippen LogP contribution in [0.2, 0.25) is 0 Å². The number of hydrogen-bond acceptors (Lipinski definition) is 3. The molecule has 0 spiro atoms. The van der Waals surface area contributed by atoms with E-state index in [9.17, 15) is 5.11 Å². The van der Waals surface area contributed by atoms with E-state index in [1.165, 1.54) is 32.1 Å². The molecular weight excluding hydrogens is 324 g/mol. The molecule has 0 fully saturated rings. The highest BCUT2D eigenvalue weighted by molar-refractivity contribution is 5.20. The van der Waals surface area contributed by atoms with Crippen molar-refractivity contribution in [2.75, 3.05) is 13.2 Å². The van der Waals surface area contributed by atoms with Crippen LogP contribution in [0.4, 0.5) is 0 Å². The van der Waals surface area contributed by atoms with Gasteiger partial charge in [0.1, 0.15) is 6.10 Å². The third kappa shape index (κ3) is 6.68. The first-order chi connectivity index (χ1) is 12.7. The van der Waals surface area contributed by atoms with Gasteiger partial charge in [-0.15, -0.1) is 0 Å². The predicted molar refractivity (Wildman–Crippen MR) is 109 cm³/mol. The SMILES string of the molecule is CCCCCCCCC(CC)C(OCC)(OCC)C(O)c1ccccc1. The van der Waals surface area contributed by atoms with E-state index in [-0.39, 0.29) is 5.92 Å². The molecule has 2 unspecified atom stereocenters. The van der Waals surface area contributed by atoms with Crippen molar-refractivity contribution in [2.24, 2.45) is 5.92 Å². The third-order valence-electron chi connectivity index (χ3n) is 5.20. The molecule has 0 saturated heterocycles. The van der Waals surface area contributed by atoms with Crippen molar-refractivity contribution in [3.63, 3.8) is 0 Å². The third-order valence-corrected chi connectivity index (χ3v) is 5.20. The van der Waals surface area contributed by atoms with Crippen LogP contribution in [0.15, 0.2) is 30.3 Å². The molecule has 150 valence electrons. The van der Waals surface area contributed by atoms with Gasteiger partial charge in [0.15, 0.2) is 0 Å². The molecule has 3 heteroatoms. The van der Waals surface area contributed by atoms with Gasteiger partial charge >= 0.3 is 0 Å². The summed E-state index contributed by atoms with van der Waals surface area (Å²) in [5.41, 5.74) is 0.857. The zero-order valence-corrected chi connectivity index (χ0v) is 17.4. The van der Waals surface area contributed by atoms with Crippen molar-refractivity contribution in [3.8, 4) is 0 Å². The van der Waals surface area contributed by atoms with E-state index in [1.807, 2.05) is 44.2 Å². The first-order valence-corrected chi connectivity index (χ1v) is 10.7. The number of benzene rings is 1. The number of hydrogen-bond donors (Lipinski definition) is 1. The van der Waals surface area contributed by atoms with Crippen molar-refractivity contribution < 1.29 is 14.6 Å². The van der Waals surface area contributed by atoms with Gasteiger partial charge in [-0.2, -0.15) is 0 Å². The number of ether oxygens (including phenoxy) is 2. The van der Waals surface area contributed by atoms with E-state index in [2.05, 4.69) is 13.8 Å². The maximum absolute atomic E-state index is 11.2. The molecule has 0 saturated carbocycles. The van der Waals surface area contributed by atoms with Crippen molar-refractivity contribution in [1.29, 1.82) is 0 Å². The maximum atomic E-state index is 11.2. The summed E-state index contributed by atoms with van der Waals surface area (Å²) in [4.78, 5) is 0. The molecule has 0 aliphatic heterocycles.